The van der Waals surface area contributed by atoms with Crippen LogP contribution in [0.2, 0.25) is 0 Å². The predicted molar refractivity (Wildman–Crippen MR) is 48.0 cm³/mol. The van der Waals surface area contributed by atoms with E-state index in [1.54, 1.807) is 13.1 Å². The van der Waals surface area contributed by atoms with Crippen molar-refractivity contribution in [1.82, 2.24) is 9.78 Å². The van der Waals surface area contributed by atoms with E-state index in [0.29, 0.717) is 0 Å². The third kappa shape index (κ3) is 1.67. The second kappa shape index (κ2) is 3.72. The van der Waals surface area contributed by atoms with Gasteiger partial charge in [-0.2, -0.15) is 5.10 Å². The topological polar surface area (TPSA) is 38.0 Å². The first kappa shape index (κ1) is 9.26. The molecule has 3 heteroatoms. The van der Waals surface area contributed by atoms with E-state index in [4.69, 9.17) is 0 Å². The third-order valence-corrected chi connectivity index (χ3v) is 2.24. The number of aryl methyl sites for hydroxylation is 1. The number of hydrogen-bond acceptors (Lipinski definition) is 2. The van der Waals surface area contributed by atoms with Crippen molar-refractivity contribution in [2.45, 2.75) is 39.3 Å². The van der Waals surface area contributed by atoms with Crippen LogP contribution in [0, 0.1) is 0 Å². The maximum absolute atomic E-state index is 9.37. The van der Waals surface area contributed by atoms with Crippen molar-refractivity contribution in [2.75, 3.05) is 0 Å². The fraction of sp³-hybridized carbons (Fsp3) is 0.667. The number of aliphatic hydroxyl groups is 1. The standard InChI is InChI=1S/C9H16N2O/c1-4-11-9(5-6-10-11)7(2)8(3)12/h5-8,12H,4H2,1-3H3. The zero-order chi connectivity index (χ0) is 9.14. The van der Waals surface area contributed by atoms with E-state index >= 15 is 0 Å². The lowest BCUT2D eigenvalue weighted by Gasteiger charge is -2.15. The van der Waals surface area contributed by atoms with Crippen LogP contribution < -0.4 is 0 Å². The Morgan fingerprint density at radius 2 is 2.25 bits per heavy atom. The van der Waals surface area contributed by atoms with E-state index < -0.39 is 0 Å². The molecule has 0 bridgehead atoms. The number of hydrogen-bond donors (Lipinski definition) is 1. The molecule has 0 radical (unpaired) electrons. The predicted octanol–water partition coefficient (Wildman–Crippen LogP) is 1.39. The summed E-state index contributed by atoms with van der Waals surface area (Å²) in [7, 11) is 0. The molecule has 0 saturated heterocycles. The molecule has 0 aliphatic carbocycles. The Bertz CT molecular complexity index is 242. The summed E-state index contributed by atoms with van der Waals surface area (Å²) in [4.78, 5) is 0. The molecule has 68 valence electrons. The van der Waals surface area contributed by atoms with Gasteiger partial charge in [-0.3, -0.25) is 4.68 Å². The first-order valence-corrected chi connectivity index (χ1v) is 4.36. The van der Waals surface area contributed by atoms with Crippen molar-refractivity contribution in [3.63, 3.8) is 0 Å². The van der Waals surface area contributed by atoms with E-state index in [0.717, 1.165) is 12.2 Å². The first-order chi connectivity index (χ1) is 5.66. The molecule has 0 amide bonds. The average Bonchev–Trinajstić information content (AvgIpc) is 2.49. The Hall–Kier alpha value is -0.830. The van der Waals surface area contributed by atoms with Crippen LogP contribution in [0.3, 0.4) is 0 Å². The highest BCUT2D eigenvalue weighted by Gasteiger charge is 2.14. The van der Waals surface area contributed by atoms with Gasteiger partial charge in [0.15, 0.2) is 0 Å². The lowest BCUT2D eigenvalue weighted by atomic mass is 10.0. The van der Waals surface area contributed by atoms with Crippen LogP contribution in [0.15, 0.2) is 12.3 Å². The Kier molecular flexibility index (Phi) is 2.87. The summed E-state index contributed by atoms with van der Waals surface area (Å²) in [6, 6.07) is 1.96. The molecular formula is C9H16N2O. The second-order valence-electron chi connectivity index (χ2n) is 3.10. The third-order valence-electron chi connectivity index (χ3n) is 2.24. The van der Waals surface area contributed by atoms with E-state index in [-0.39, 0.29) is 12.0 Å². The summed E-state index contributed by atoms with van der Waals surface area (Å²) in [5, 5.41) is 13.5. The summed E-state index contributed by atoms with van der Waals surface area (Å²) in [5.74, 6) is 0.160. The number of nitrogens with zero attached hydrogens (tertiary/aromatic N) is 2. The molecule has 12 heavy (non-hydrogen) atoms. The molecule has 2 unspecified atom stereocenters. The number of aromatic nitrogens is 2. The Morgan fingerprint density at radius 3 is 2.75 bits per heavy atom. The number of rotatable bonds is 3. The summed E-state index contributed by atoms with van der Waals surface area (Å²) in [6.07, 6.45) is 1.46. The molecule has 0 aliphatic rings. The van der Waals surface area contributed by atoms with Gasteiger partial charge < -0.3 is 5.11 Å². The van der Waals surface area contributed by atoms with Crippen molar-refractivity contribution in [1.29, 1.82) is 0 Å². The first-order valence-electron chi connectivity index (χ1n) is 4.36. The normalized spacial score (nSPS) is 16.0. The summed E-state index contributed by atoms with van der Waals surface area (Å²) in [6.45, 7) is 6.72. The molecule has 0 saturated carbocycles. The van der Waals surface area contributed by atoms with E-state index in [1.165, 1.54) is 0 Å². The van der Waals surface area contributed by atoms with Crippen LogP contribution in [0.25, 0.3) is 0 Å². The van der Waals surface area contributed by atoms with Gasteiger partial charge in [-0.25, -0.2) is 0 Å². The SMILES string of the molecule is CCn1nccc1C(C)C(C)O. The van der Waals surface area contributed by atoms with Gasteiger partial charge in [0, 0.05) is 24.4 Å². The molecule has 1 rings (SSSR count). The highest BCUT2D eigenvalue weighted by molar-refractivity contribution is 5.08. The monoisotopic (exact) mass is 168 g/mol. The Morgan fingerprint density at radius 1 is 1.58 bits per heavy atom. The maximum atomic E-state index is 9.37. The van der Waals surface area contributed by atoms with Crippen LogP contribution >= 0.6 is 0 Å². The van der Waals surface area contributed by atoms with Crippen LogP contribution in [0.4, 0.5) is 0 Å². The van der Waals surface area contributed by atoms with Crippen LogP contribution in [0.1, 0.15) is 32.4 Å². The van der Waals surface area contributed by atoms with Crippen molar-refractivity contribution >= 4 is 0 Å². The van der Waals surface area contributed by atoms with Gasteiger partial charge in [-0.15, -0.1) is 0 Å². The highest BCUT2D eigenvalue weighted by atomic mass is 16.3. The minimum absolute atomic E-state index is 0.160. The fourth-order valence-corrected chi connectivity index (χ4v) is 1.24. The van der Waals surface area contributed by atoms with Gasteiger partial charge in [-0.05, 0) is 19.9 Å². The maximum Gasteiger partial charge on any atom is 0.0592 e. The van der Waals surface area contributed by atoms with Crippen LogP contribution in [0.5, 0.6) is 0 Å². The second-order valence-corrected chi connectivity index (χ2v) is 3.10. The summed E-state index contributed by atoms with van der Waals surface area (Å²) < 4.78 is 1.91. The minimum atomic E-state index is -0.313. The van der Waals surface area contributed by atoms with Gasteiger partial charge in [0.1, 0.15) is 0 Å². The Labute approximate surface area is 73.0 Å². The van der Waals surface area contributed by atoms with Gasteiger partial charge in [0.2, 0.25) is 0 Å². The van der Waals surface area contributed by atoms with Crippen LogP contribution in [-0.4, -0.2) is 21.0 Å². The smallest absolute Gasteiger partial charge is 0.0592 e. The zero-order valence-corrected chi connectivity index (χ0v) is 7.86. The number of aliphatic hydroxyl groups excluding tert-OH is 1. The zero-order valence-electron chi connectivity index (χ0n) is 7.86. The molecule has 1 heterocycles. The van der Waals surface area contributed by atoms with Crippen molar-refractivity contribution < 1.29 is 5.11 Å². The van der Waals surface area contributed by atoms with Gasteiger partial charge >= 0.3 is 0 Å². The average molecular weight is 168 g/mol. The molecule has 1 aromatic rings. The largest absolute Gasteiger partial charge is 0.393 e. The van der Waals surface area contributed by atoms with Crippen molar-refractivity contribution in [2.24, 2.45) is 0 Å². The van der Waals surface area contributed by atoms with Crippen molar-refractivity contribution in [3.8, 4) is 0 Å². The molecule has 2 atom stereocenters. The summed E-state index contributed by atoms with van der Waals surface area (Å²) >= 11 is 0. The van der Waals surface area contributed by atoms with Gasteiger partial charge in [0.05, 0.1) is 6.10 Å². The molecule has 0 aromatic carbocycles. The van der Waals surface area contributed by atoms with Gasteiger partial charge in [-0.1, -0.05) is 6.92 Å². The van der Waals surface area contributed by atoms with E-state index in [1.807, 2.05) is 24.6 Å². The fourth-order valence-electron chi connectivity index (χ4n) is 1.24. The molecule has 1 N–H and O–H groups in total. The minimum Gasteiger partial charge on any atom is -0.393 e. The lowest BCUT2D eigenvalue weighted by molar-refractivity contribution is 0.165. The van der Waals surface area contributed by atoms with Gasteiger partial charge in [0.25, 0.3) is 0 Å². The molecule has 0 spiro atoms. The quantitative estimate of drug-likeness (QED) is 0.740. The molecule has 3 nitrogen and oxygen atoms in total. The lowest BCUT2D eigenvalue weighted by Crippen LogP contribution is -2.15. The van der Waals surface area contributed by atoms with E-state index in [2.05, 4.69) is 5.10 Å². The van der Waals surface area contributed by atoms with Crippen LogP contribution in [-0.2, 0) is 6.54 Å². The molecule has 1 aromatic heterocycles. The molecular weight excluding hydrogens is 152 g/mol. The summed E-state index contributed by atoms with van der Waals surface area (Å²) in [5.41, 5.74) is 1.10. The molecule has 0 fully saturated rings. The van der Waals surface area contributed by atoms with E-state index in [9.17, 15) is 5.11 Å². The Balaban J connectivity index is 2.86. The highest BCUT2D eigenvalue weighted by Crippen LogP contribution is 2.18. The molecule has 0 aliphatic heterocycles. The van der Waals surface area contributed by atoms with Crippen molar-refractivity contribution in [3.05, 3.63) is 18.0 Å².